The molecule has 0 atom stereocenters. The summed E-state index contributed by atoms with van der Waals surface area (Å²) in [6, 6.07) is 4.38. The van der Waals surface area contributed by atoms with Crippen LogP contribution in [0.2, 0.25) is 0 Å². The number of likely N-dealkylation sites (N-methyl/N-ethyl adjacent to an activating group) is 1. The van der Waals surface area contributed by atoms with Crippen LogP contribution in [-0.4, -0.2) is 71.0 Å². The van der Waals surface area contributed by atoms with Crippen LogP contribution in [-0.2, 0) is 14.8 Å². The molecule has 122 valence electrons. The molecule has 2 rings (SSSR count). The maximum Gasteiger partial charge on any atom is 0.341 e. The smallest absolute Gasteiger partial charge is 0.341 e. The van der Waals surface area contributed by atoms with Gasteiger partial charge in [-0.2, -0.15) is 4.31 Å². The molecule has 0 aliphatic carbocycles. The van der Waals surface area contributed by atoms with Crippen LogP contribution >= 0.6 is 0 Å². The van der Waals surface area contributed by atoms with E-state index < -0.39 is 16.0 Å². The van der Waals surface area contributed by atoms with Crippen LogP contribution in [0.4, 0.5) is 0 Å². The fourth-order valence-corrected chi connectivity index (χ4v) is 3.73. The van der Waals surface area contributed by atoms with Crippen LogP contribution in [0.3, 0.4) is 0 Å². The van der Waals surface area contributed by atoms with Crippen LogP contribution in [0.25, 0.3) is 0 Å². The van der Waals surface area contributed by atoms with Crippen LogP contribution in [0.5, 0.6) is 5.75 Å². The number of ether oxygens (including phenoxy) is 2. The summed E-state index contributed by atoms with van der Waals surface area (Å²) >= 11 is 0. The van der Waals surface area contributed by atoms with E-state index in [1.165, 1.54) is 36.7 Å². The molecule has 0 saturated carbocycles. The van der Waals surface area contributed by atoms with E-state index in [0.717, 1.165) is 0 Å². The number of methoxy groups -OCH3 is 2. The fourth-order valence-electron chi connectivity index (χ4n) is 2.20. The zero-order chi connectivity index (χ0) is 16.5. The molecule has 0 spiro atoms. The lowest BCUT2D eigenvalue weighted by Gasteiger charge is -2.41. The highest BCUT2D eigenvalue weighted by Crippen LogP contribution is 2.28. The minimum atomic E-state index is -3.58. The molecule has 1 aliphatic rings. The van der Waals surface area contributed by atoms with Crippen LogP contribution in [0.1, 0.15) is 10.4 Å². The van der Waals surface area contributed by atoms with Gasteiger partial charge in [0, 0.05) is 25.2 Å². The van der Waals surface area contributed by atoms with Crippen molar-refractivity contribution >= 4 is 16.0 Å². The summed E-state index contributed by atoms with van der Waals surface area (Å²) in [5.74, 6) is -0.393. The number of hydrogen-bond acceptors (Lipinski definition) is 6. The molecule has 0 aromatic heterocycles. The van der Waals surface area contributed by atoms with E-state index in [-0.39, 0.29) is 22.3 Å². The summed E-state index contributed by atoms with van der Waals surface area (Å²) in [7, 11) is 2.90. The van der Waals surface area contributed by atoms with Gasteiger partial charge in [-0.05, 0) is 26.2 Å². The van der Waals surface area contributed by atoms with Crippen molar-refractivity contribution in [1.82, 2.24) is 9.21 Å². The standard InChI is InChI=1S/C14H20N2O5S/c1-15(2)10-8-16(9-10)22(18,19)11-5-6-12(14(17)21-4)13(7-11)20-3/h5-7,10H,8-9H2,1-4H3. The van der Waals surface area contributed by atoms with Gasteiger partial charge < -0.3 is 14.4 Å². The average Bonchev–Trinajstić information content (AvgIpc) is 2.43. The maximum absolute atomic E-state index is 12.5. The third-order valence-corrected chi connectivity index (χ3v) is 5.60. The predicted octanol–water partition coefficient (Wildman–Crippen LogP) is 0.416. The molecule has 1 aromatic carbocycles. The Morgan fingerprint density at radius 3 is 2.41 bits per heavy atom. The topological polar surface area (TPSA) is 76.2 Å². The number of benzene rings is 1. The number of carbonyl (C=O) groups excluding carboxylic acids is 1. The van der Waals surface area contributed by atoms with Crippen molar-refractivity contribution in [2.75, 3.05) is 41.4 Å². The summed E-state index contributed by atoms with van der Waals surface area (Å²) in [4.78, 5) is 13.7. The van der Waals surface area contributed by atoms with Gasteiger partial charge in [0.05, 0.1) is 19.1 Å². The van der Waals surface area contributed by atoms with E-state index in [1.54, 1.807) is 0 Å². The lowest BCUT2D eigenvalue weighted by molar-refractivity contribution is 0.0597. The largest absolute Gasteiger partial charge is 0.496 e. The highest BCUT2D eigenvalue weighted by molar-refractivity contribution is 7.89. The van der Waals surface area contributed by atoms with Crippen molar-refractivity contribution in [3.05, 3.63) is 23.8 Å². The Hall–Kier alpha value is -1.64. The lowest BCUT2D eigenvalue weighted by atomic mass is 10.2. The van der Waals surface area contributed by atoms with Crippen LogP contribution < -0.4 is 4.74 Å². The van der Waals surface area contributed by atoms with Gasteiger partial charge in [-0.15, -0.1) is 0 Å². The highest BCUT2D eigenvalue weighted by Gasteiger charge is 2.38. The molecule has 1 heterocycles. The number of nitrogens with zero attached hydrogens (tertiary/aromatic N) is 2. The first-order valence-electron chi connectivity index (χ1n) is 6.74. The van der Waals surface area contributed by atoms with E-state index in [9.17, 15) is 13.2 Å². The number of carbonyl (C=O) groups is 1. The van der Waals surface area contributed by atoms with E-state index in [2.05, 4.69) is 4.74 Å². The Morgan fingerprint density at radius 2 is 1.91 bits per heavy atom. The zero-order valence-corrected chi connectivity index (χ0v) is 13.9. The predicted molar refractivity (Wildman–Crippen MR) is 80.6 cm³/mol. The molecule has 1 aromatic rings. The second-order valence-corrected chi connectivity index (χ2v) is 7.23. The minimum absolute atomic E-state index is 0.106. The quantitative estimate of drug-likeness (QED) is 0.729. The van der Waals surface area contributed by atoms with Gasteiger partial charge in [0.15, 0.2) is 0 Å². The van der Waals surface area contributed by atoms with Crippen molar-refractivity contribution < 1.29 is 22.7 Å². The number of sulfonamides is 1. The monoisotopic (exact) mass is 328 g/mol. The van der Waals surface area contributed by atoms with Crippen LogP contribution in [0, 0.1) is 0 Å². The Balaban J connectivity index is 2.27. The summed E-state index contributed by atoms with van der Waals surface area (Å²) in [6.45, 7) is 0.910. The average molecular weight is 328 g/mol. The summed E-state index contributed by atoms with van der Waals surface area (Å²) in [6.07, 6.45) is 0. The second kappa shape index (κ2) is 6.23. The number of rotatable bonds is 5. The molecule has 0 bridgehead atoms. The fraction of sp³-hybridized carbons (Fsp3) is 0.500. The molecule has 1 saturated heterocycles. The van der Waals surface area contributed by atoms with Gasteiger partial charge in [-0.3, -0.25) is 0 Å². The van der Waals surface area contributed by atoms with Gasteiger partial charge in [0.2, 0.25) is 10.0 Å². The Bertz CT molecular complexity index is 666. The molecule has 0 N–H and O–H groups in total. The van der Waals surface area contributed by atoms with Crippen LogP contribution in [0.15, 0.2) is 23.1 Å². The molecular formula is C14H20N2O5S. The van der Waals surface area contributed by atoms with E-state index in [0.29, 0.717) is 13.1 Å². The van der Waals surface area contributed by atoms with E-state index >= 15 is 0 Å². The molecule has 0 unspecified atom stereocenters. The van der Waals surface area contributed by atoms with Crippen molar-refractivity contribution in [2.24, 2.45) is 0 Å². The molecule has 22 heavy (non-hydrogen) atoms. The van der Waals surface area contributed by atoms with Crippen molar-refractivity contribution in [3.8, 4) is 5.75 Å². The number of hydrogen-bond donors (Lipinski definition) is 0. The van der Waals surface area contributed by atoms with Crippen molar-refractivity contribution in [3.63, 3.8) is 0 Å². The zero-order valence-electron chi connectivity index (χ0n) is 13.1. The Labute approximate surface area is 130 Å². The summed E-state index contributed by atoms with van der Waals surface area (Å²) in [5.41, 5.74) is 0.193. The van der Waals surface area contributed by atoms with Gasteiger partial charge in [0.25, 0.3) is 0 Å². The summed E-state index contributed by atoms with van der Waals surface area (Å²) in [5, 5.41) is 0. The Morgan fingerprint density at radius 1 is 1.27 bits per heavy atom. The lowest BCUT2D eigenvalue weighted by Crippen LogP contribution is -2.58. The molecule has 8 heteroatoms. The van der Waals surface area contributed by atoms with Gasteiger partial charge in [-0.1, -0.05) is 0 Å². The van der Waals surface area contributed by atoms with E-state index in [4.69, 9.17) is 4.74 Å². The SMILES string of the molecule is COC(=O)c1ccc(S(=O)(=O)N2CC(N(C)C)C2)cc1OC. The first kappa shape index (κ1) is 16.7. The van der Waals surface area contributed by atoms with E-state index in [1.807, 2.05) is 19.0 Å². The molecule has 1 fully saturated rings. The minimum Gasteiger partial charge on any atom is -0.496 e. The second-order valence-electron chi connectivity index (χ2n) is 5.29. The van der Waals surface area contributed by atoms with Crippen molar-refractivity contribution in [2.45, 2.75) is 10.9 Å². The normalized spacial score (nSPS) is 16.4. The molecule has 0 amide bonds. The first-order chi connectivity index (χ1) is 10.3. The third kappa shape index (κ3) is 2.94. The maximum atomic E-state index is 12.5. The van der Waals surface area contributed by atoms with Gasteiger partial charge in [-0.25, -0.2) is 13.2 Å². The van der Waals surface area contributed by atoms with Gasteiger partial charge in [0.1, 0.15) is 11.3 Å². The first-order valence-corrected chi connectivity index (χ1v) is 8.18. The summed E-state index contributed by atoms with van der Waals surface area (Å²) < 4.78 is 36.2. The molecule has 0 radical (unpaired) electrons. The molecule has 1 aliphatic heterocycles. The third-order valence-electron chi connectivity index (χ3n) is 3.78. The van der Waals surface area contributed by atoms with Gasteiger partial charge >= 0.3 is 5.97 Å². The number of esters is 1. The molecule has 7 nitrogen and oxygen atoms in total. The molecular weight excluding hydrogens is 308 g/mol. The highest BCUT2D eigenvalue weighted by atomic mass is 32.2. The van der Waals surface area contributed by atoms with Crippen molar-refractivity contribution in [1.29, 1.82) is 0 Å². The Kier molecular flexibility index (Phi) is 4.74.